The molecule has 1 unspecified atom stereocenters. The van der Waals surface area contributed by atoms with Crippen molar-refractivity contribution in [3.05, 3.63) is 117 Å². The first-order chi connectivity index (χ1) is 25.3. The molecule has 7 rings (SSSR count). The van der Waals surface area contributed by atoms with Crippen LogP contribution >= 0.6 is 0 Å². The summed E-state index contributed by atoms with van der Waals surface area (Å²) >= 11 is 0. The summed E-state index contributed by atoms with van der Waals surface area (Å²) in [4.78, 5) is 51.4. The summed E-state index contributed by atoms with van der Waals surface area (Å²) in [5, 5.41) is 15.3. The fourth-order valence-electron chi connectivity index (χ4n) is 7.25. The van der Waals surface area contributed by atoms with Gasteiger partial charge in [0, 0.05) is 24.9 Å². The smallest absolute Gasteiger partial charge is 0.337 e. The second-order valence-electron chi connectivity index (χ2n) is 13.5. The summed E-state index contributed by atoms with van der Waals surface area (Å²) in [7, 11) is 0. The van der Waals surface area contributed by atoms with Crippen molar-refractivity contribution in [3.8, 4) is 16.8 Å². The maximum absolute atomic E-state index is 14.5. The van der Waals surface area contributed by atoms with Crippen LogP contribution in [0.4, 0.5) is 8.78 Å². The Bertz CT molecular complexity index is 2170. The minimum atomic E-state index is -0.678. The van der Waals surface area contributed by atoms with Gasteiger partial charge >= 0.3 is 5.69 Å². The van der Waals surface area contributed by atoms with E-state index >= 15 is 0 Å². The number of aliphatic hydroxyl groups is 1. The number of pyridine rings is 1. The van der Waals surface area contributed by atoms with Gasteiger partial charge in [-0.1, -0.05) is 36.4 Å². The lowest BCUT2D eigenvalue weighted by molar-refractivity contribution is -0.123. The number of aryl methyl sites for hydroxylation is 1. The zero-order valence-corrected chi connectivity index (χ0v) is 28.7. The predicted octanol–water partition coefficient (Wildman–Crippen LogP) is 4.32. The molecule has 11 nitrogen and oxygen atoms in total. The van der Waals surface area contributed by atoms with Gasteiger partial charge in [-0.3, -0.25) is 19.1 Å². The molecule has 1 amide bonds. The maximum atomic E-state index is 14.5. The van der Waals surface area contributed by atoms with Crippen LogP contribution in [0.2, 0.25) is 0 Å². The normalized spacial score (nSPS) is 19.8. The molecule has 3 N–H and O–H groups in total. The van der Waals surface area contributed by atoms with Crippen molar-refractivity contribution in [1.29, 1.82) is 0 Å². The number of aliphatic hydroxyl groups excluding tert-OH is 1. The molecule has 52 heavy (non-hydrogen) atoms. The molecule has 2 aliphatic heterocycles. The molecular weight excluding hydrogens is 668 g/mol. The number of fused-ring (bicyclic) bond motifs is 2. The van der Waals surface area contributed by atoms with Gasteiger partial charge in [-0.2, -0.15) is 0 Å². The van der Waals surface area contributed by atoms with Gasteiger partial charge in [0.15, 0.2) is 5.65 Å². The topological polar surface area (TPSA) is 134 Å². The molecule has 0 radical (unpaired) electrons. The number of hydrogen-bond acceptors (Lipinski definition) is 8. The van der Waals surface area contributed by atoms with Crippen LogP contribution in [-0.2, 0) is 11.2 Å². The highest BCUT2D eigenvalue weighted by Crippen LogP contribution is 2.29. The van der Waals surface area contributed by atoms with Gasteiger partial charge in [0.1, 0.15) is 23.5 Å². The second kappa shape index (κ2) is 15.5. The van der Waals surface area contributed by atoms with Gasteiger partial charge in [0.2, 0.25) is 5.91 Å². The third kappa shape index (κ3) is 7.51. The summed E-state index contributed by atoms with van der Waals surface area (Å²) < 4.78 is 30.8. The Morgan fingerprint density at radius 3 is 2.52 bits per heavy atom. The largest absolute Gasteiger partial charge is 0.396 e. The van der Waals surface area contributed by atoms with Crippen molar-refractivity contribution < 1.29 is 18.7 Å². The van der Waals surface area contributed by atoms with Crippen molar-refractivity contribution in [2.75, 3.05) is 26.2 Å². The molecule has 0 bridgehead atoms. The molecular formula is C39H41F2N7O4. The van der Waals surface area contributed by atoms with Crippen LogP contribution in [0, 0.1) is 5.82 Å². The number of nitrogens with one attached hydrogen (secondary N) is 2. The summed E-state index contributed by atoms with van der Waals surface area (Å²) in [6.45, 7) is 2.11. The fourth-order valence-corrected chi connectivity index (χ4v) is 7.25. The first kappa shape index (κ1) is 35.1. The van der Waals surface area contributed by atoms with Crippen LogP contribution in [0.1, 0.15) is 50.1 Å². The van der Waals surface area contributed by atoms with E-state index in [0.717, 1.165) is 55.7 Å². The average molecular weight is 710 g/mol. The number of aliphatic imine (C=N–C) groups is 1. The van der Waals surface area contributed by atoms with Crippen LogP contribution < -0.4 is 21.9 Å². The van der Waals surface area contributed by atoms with Crippen LogP contribution in [-0.4, -0.2) is 74.2 Å². The molecule has 1 saturated carbocycles. The van der Waals surface area contributed by atoms with Crippen molar-refractivity contribution in [1.82, 2.24) is 29.7 Å². The molecule has 270 valence electrons. The maximum Gasteiger partial charge on any atom is 0.337 e. The summed E-state index contributed by atoms with van der Waals surface area (Å²) in [5.74, 6) is -0.791. The van der Waals surface area contributed by atoms with E-state index in [1.54, 1.807) is 17.0 Å². The number of amides is 1. The van der Waals surface area contributed by atoms with Crippen molar-refractivity contribution >= 4 is 22.8 Å². The Morgan fingerprint density at radius 2 is 1.73 bits per heavy atom. The number of benzene rings is 2. The standard InChI is InChI=1S/C39H41F2N7O4/c40-28-11-16-35-45-34(24-46(35)23-28)37(50)44-30-12-14-31(15-13-30)48-38(51)33-21-29(41)22-43-36(33)47(39(48)52)32-6-1-5-27(20-32)26-9-7-25(8-10-26)4-2-17-42-18-3-19-49/h1,5-11,16,20-23,30-31,34,42,49H,2-4,12-15,17-19,24H2,(H,44,50)/t30-,31+,34?. The molecule has 0 spiro atoms. The first-order valence-corrected chi connectivity index (χ1v) is 17.8. The Kier molecular flexibility index (Phi) is 10.5. The lowest BCUT2D eigenvalue weighted by atomic mass is 9.90. The van der Waals surface area contributed by atoms with Crippen LogP contribution in [0.5, 0.6) is 0 Å². The number of aromatic nitrogens is 3. The summed E-state index contributed by atoms with van der Waals surface area (Å²) in [6.07, 6.45) is 9.75. The number of allylic oxidation sites excluding steroid dienone is 2. The zero-order valence-electron chi connectivity index (χ0n) is 28.7. The van der Waals surface area contributed by atoms with Gasteiger partial charge in [0.25, 0.3) is 5.56 Å². The Balaban J connectivity index is 1.09. The Morgan fingerprint density at radius 1 is 0.942 bits per heavy atom. The van der Waals surface area contributed by atoms with E-state index in [4.69, 9.17) is 5.11 Å². The molecule has 2 aromatic carbocycles. The lowest BCUT2D eigenvalue weighted by Gasteiger charge is -2.30. The molecule has 1 atom stereocenters. The van der Waals surface area contributed by atoms with Gasteiger partial charge in [-0.25, -0.2) is 23.1 Å². The Hall–Kier alpha value is -5.27. The van der Waals surface area contributed by atoms with E-state index in [2.05, 4.69) is 32.7 Å². The number of rotatable bonds is 12. The van der Waals surface area contributed by atoms with E-state index in [1.165, 1.54) is 27.0 Å². The fraction of sp³-hybridized carbons (Fsp3) is 0.359. The van der Waals surface area contributed by atoms with Crippen molar-refractivity contribution in [2.24, 2.45) is 4.99 Å². The number of amidine groups is 1. The highest BCUT2D eigenvalue weighted by atomic mass is 19.1. The minimum Gasteiger partial charge on any atom is -0.396 e. The van der Waals surface area contributed by atoms with Gasteiger partial charge < -0.3 is 20.6 Å². The highest BCUT2D eigenvalue weighted by molar-refractivity contribution is 6.00. The van der Waals surface area contributed by atoms with E-state index < -0.39 is 35.0 Å². The predicted molar refractivity (Wildman–Crippen MR) is 196 cm³/mol. The number of hydrogen-bond donors (Lipinski definition) is 3. The number of carbonyl (C=O) groups excluding carboxylic acids is 1. The van der Waals surface area contributed by atoms with Crippen LogP contribution in [0.15, 0.2) is 99.6 Å². The molecule has 1 aliphatic carbocycles. The summed E-state index contributed by atoms with van der Waals surface area (Å²) in [6, 6.07) is 15.5. The zero-order chi connectivity index (χ0) is 36.2. The molecule has 3 aliphatic rings. The molecule has 4 heterocycles. The monoisotopic (exact) mass is 709 g/mol. The van der Waals surface area contributed by atoms with Crippen molar-refractivity contribution in [3.63, 3.8) is 0 Å². The second-order valence-corrected chi connectivity index (χ2v) is 13.5. The van der Waals surface area contributed by atoms with Gasteiger partial charge in [-0.15, -0.1) is 0 Å². The lowest BCUT2D eigenvalue weighted by Crippen LogP contribution is -2.47. The number of halogens is 2. The third-order valence-corrected chi connectivity index (χ3v) is 9.95. The van der Waals surface area contributed by atoms with E-state index in [0.29, 0.717) is 37.2 Å². The third-order valence-electron chi connectivity index (χ3n) is 9.95. The number of nitrogens with zero attached hydrogens (tertiary/aromatic N) is 5. The molecule has 4 aromatic rings. The molecule has 2 aromatic heterocycles. The minimum absolute atomic E-state index is 0.00646. The van der Waals surface area contributed by atoms with E-state index in [1.807, 2.05) is 30.3 Å². The van der Waals surface area contributed by atoms with E-state index in [9.17, 15) is 23.2 Å². The molecule has 1 fully saturated rings. The van der Waals surface area contributed by atoms with Crippen molar-refractivity contribution in [2.45, 2.75) is 63.1 Å². The van der Waals surface area contributed by atoms with Gasteiger partial charge in [0.05, 0.1) is 23.8 Å². The molecule has 13 heteroatoms. The quantitative estimate of drug-likeness (QED) is 0.187. The van der Waals surface area contributed by atoms with Gasteiger partial charge in [-0.05, 0) is 105 Å². The first-order valence-electron chi connectivity index (χ1n) is 17.8. The average Bonchev–Trinajstić information content (AvgIpc) is 3.58. The number of carbonyl (C=O) groups is 1. The van der Waals surface area contributed by atoms with Crippen LogP contribution in [0.25, 0.3) is 27.8 Å². The van der Waals surface area contributed by atoms with E-state index in [-0.39, 0.29) is 36.1 Å². The highest BCUT2D eigenvalue weighted by Gasteiger charge is 2.33. The Labute approximate surface area is 299 Å². The molecule has 0 saturated heterocycles. The van der Waals surface area contributed by atoms with Crippen LogP contribution in [0.3, 0.4) is 0 Å². The summed E-state index contributed by atoms with van der Waals surface area (Å²) in [5.41, 5.74) is 2.44. The SMILES string of the molecule is O=C(N[C@H]1CC[C@@H](n2c(=O)c3cc(F)cnc3n(-c3cccc(-c4ccc(CCCNCCCO)cc4)c3)c2=O)CC1)C1CN2C=C(F)C=CC2=N1.